The average molecular weight is 531 g/mol. The van der Waals surface area contributed by atoms with E-state index in [1.165, 1.54) is 17.5 Å². The molecule has 0 aromatic heterocycles. The van der Waals surface area contributed by atoms with Gasteiger partial charge in [-0.05, 0) is 43.9 Å². The van der Waals surface area contributed by atoms with Crippen molar-refractivity contribution in [2.45, 2.75) is 131 Å². The zero-order valence-corrected chi connectivity index (χ0v) is 26.7. The molecule has 5 heteroatoms. The van der Waals surface area contributed by atoms with Crippen molar-refractivity contribution in [3.63, 3.8) is 0 Å². The minimum atomic E-state index is -4.43. The van der Waals surface area contributed by atoms with Gasteiger partial charge in [0.05, 0.1) is 0 Å². The van der Waals surface area contributed by atoms with E-state index in [4.69, 9.17) is 9.05 Å². The molecule has 0 bridgehead atoms. The largest absolute Gasteiger partial charge is 0.584 e. The first-order chi connectivity index (χ1) is 16.5. The van der Waals surface area contributed by atoms with E-state index in [-0.39, 0.29) is 21.7 Å². The zero-order valence-electron chi connectivity index (χ0n) is 25.8. The van der Waals surface area contributed by atoms with E-state index in [0.29, 0.717) is 17.9 Å². The summed E-state index contributed by atoms with van der Waals surface area (Å²) in [5.74, 6) is 0.936. The summed E-state index contributed by atoms with van der Waals surface area (Å²) in [5, 5.41) is 0. The van der Waals surface area contributed by atoms with Gasteiger partial charge in [0.2, 0.25) is 0 Å². The number of benzene rings is 2. The topological polar surface area (TPSA) is 55.8 Å². The van der Waals surface area contributed by atoms with Gasteiger partial charge in [-0.3, -0.25) is 4.89 Å². The molecule has 0 saturated heterocycles. The summed E-state index contributed by atoms with van der Waals surface area (Å²) < 4.78 is 25.1. The molecule has 2 aromatic rings. The van der Waals surface area contributed by atoms with Crippen LogP contribution in [-0.4, -0.2) is 4.89 Å². The van der Waals surface area contributed by atoms with Crippen LogP contribution in [-0.2, 0) is 32.6 Å². The van der Waals surface area contributed by atoms with Crippen LogP contribution in [0.25, 0.3) is 0 Å². The molecule has 0 saturated carbocycles. The van der Waals surface area contributed by atoms with Gasteiger partial charge in [0.15, 0.2) is 0 Å². The molecule has 208 valence electrons. The molecule has 0 amide bonds. The van der Waals surface area contributed by atoms with E-state index < -0.39 is 7.82 Å². The molecule has 0 aliphatic carbocycles. The lowest BCUT2D eigenvalue weighted by molar-refractivity contribution is 0.281. The maximum absolute atomic E-state index is 13.4. The lowest BCUT2D eigenvalue weighted by Gasteiger charge is -2.33. The second-order valence-corrected chi connectivity index (χ2v) is 15.9. The van der Waals surface area contributed by atoms with Crippen molar-refractivity contribution in [1.29, 1.82) is 0 Å². The average Bonchev–Trinajstić information content (AvgIpc) is 2.65. The molecule has 0 atom stereocenters. The lowest BCUT2D eigenvalue weighted by Crippen LogP contribution is -2.22. The van der Waals surface area contributed by atoms with E-state index in [2.05, 4.69) is 121 Å². The molecule has 0 fully saturated rings. The SMILES string of the molecule is CC(C)(C)c1cc2c(c(C(C)(C)C)c1)OP(=O)(O)Oc1c(cc(C(C)(C)C)cc1C(C)(C)C)C2.CCC. The van der Waals surface area contributed by atoms with E-state index in [0.717, 1.165) is 22.3 Å². The maximum Gasteiger partial charge on any atom is 0.584 e. The van der Waals surface area contributed by atoms with Crippen molar-refractivity contribution in [2.75, 3.05) is 0 Å². The van der Waals surface area contributed by atoms with Crippen LogP contribution in [0.5, 0.6) is 11.5 Å². The third-order valence-electron chi connectivity index (χ3n) is 6.47. The molecule has 4 nitrogen and oxygen atoms in total. The Morgan fingerprint density at radius 2 is 0.946 bits per heavy atom. The molecule has 1 aliphatic heterocycles. The van der Waals surface area contributed by atoms with E-state index in [1.807, 2.05) is 0 Å². The number of hydrogen-bond donors (Lipinski definition) is 1. The molecular formula is C32H51O4P. The van der Waals surface area contributed by atoms with Gasteiger partial charge in [-0.1, -0.05) is 128 Å². The highest BCUT2D eigenvalue weighted by Crippen LogP contribution is 2.54. The third-order valence-corrected chi connectivity index (χ3v) is 7.30. The Morgan fingerprint density at radius 3 is 1.19 bits per heavy atom. The van der Waals surface area contributed by atoms with Gasteiger partial charge in [0, 0.05) is 17.5 Å². The maximum atomic E-state index is 13.4. The molecule has 3 rings (SSSR count). The van der Waals surface area contributed by atoms with Crippen LogP contribution in [0.1, 0.15) is 137 Å². The summed E-state index contributed by atoms with van der Waals surface area (Å²) in [6, 6.07) is 8.52. The summed E-state index contributed by atoms with van der Waals surface area (Å²) in [6.07, 6.45) is 1.81. The van der Waals surface area contributed by atoms with Crippen molar-refractivity contribution in [3.05, 3.63) is 57.6 Å². The first-order valence-corrected chi connectivity index (χ1v) is 15.1. The summed E-state index contributed by atoms with van der Waals surface area (Å²) in [7, 11) is -4.43. The fourth-order valence-corrected chi connectivity index (χ4v) is 5.22. The Hall–Kier alpha value is -1.77. The minimum absolute atomic E-state index is 0.0799. The number of fused-ring (bicyclic) bond motifs is 2. The predicted octanol–water partition coefficient (Wildman–Crippen LogP) is 9.76. The summed E-state index contributed by atoms with van der Waals surface area (Å²) in [4.78, 5) is 10.9. The number of phosphoric ester groups is 1. The van der Waals surface area contributed by atoms with Gasteiger partial charge in [0.25, 0.3) is 0 Å². The van der Waals surface area contributed by atoms with Crippen LogP contribution < -0.4 is 9.05 Å². The van der Waals surface area contributed by atoms with Crippen molar-refractivity contribution >= 4 is 7.82 Å². The zero-order chi connectivity index (χ0) is 28.8. The smallest absolute Gasteiger partial charge is 0.395 e. The van der Waals surface area contributed by atoms with E-state index >= 15 is 0 Å². The fourth-order valence-electron chi connectivity index (χ4n) is 4.29. The minimum Gasteiger partial charge on any atom is -0.395 e. The molecular weight excluding hydrogens is 479 g/mol. The van der Waals surface area contributed by atoms with Crippen LogP contribution in [0.3, 0.4) is 0 Å². The Labute approximate surface area is 226 Å². The molecule has 1 aliphatic rings. The van der Waals surface area contributed by atoms with Gasteiger partial charge in [-0.15, -0.1) is 0 Å². The highest BCUT2D eigenvalue weighted by molar-refractivity contribution is 7.48. The van der Waals surface area contributed by atoms with Crippen LogP contribution in [0.4, 0.5) is 0 Å². The van der Waals surface area contributed by atoms with Gasteiger partial charge in [-0.25, -0.2) is 4.57 Å². The molecule has 0 unspecified atom stereocenters. The van der Waals surface area contributed by atoms with E-state index in [1.54, 1.807) is 0 Å². The molecule has 0 radical (unpaired) electrons. The summed E-state index contributed by atoms with van der Waals surface area (Å²) in [6.45, 7) is 30.0. The molecule has 2 aromatic carbocycles. The van der Waals surface area contributed by atoms with Gasteiger partial charge >= 0.3 is 7.82 Å². The van der Waals surface area contributed by atoms with Crippen LogP contribution in [0.2, 0.25) is 0 Å². The summed E-state index contributed by atoms with van der Waals surface area (Å²) >= 11 is 0. The Bertz CT molecular complexity index is 1080. The van der Waals surface area contributed by atoms with Gasteiger partial charge < -0.3 is 9.05 Å². The molecule has 0 spiro atoms. The van der Waals surface area contributed by atoms with Crippen molar-refractivity contribution in [1.82, 2.24) is 0 Å². The number of phosphoric acid groups is 1. The van der Waals surface area contributed by atoms with Crippen molar-refractivity contribution in [3.8, 4) is 11.5 Å². The third kappa shape index (κ3) is 7.64. The lowest BCUT2D eigenvalue weighted by atomic mass is 9.76. The van der Waals surface area contributed by atoms with Crippen LogP contribution >= 0.6 is 7.82 Å². The molecule has 37 heavy (non-hydrogen) atoms. The van der Waals surface area contributed by atoms with Crippen molar-refractivity contribution < 1.29 is 18.5 Å². The number of rotatable bonds is 0. The standard InChI is InChI=1S/C29H43O4P.C3H8/c1-26(2,3)20-14-18-13-19-15-21(27(4,5)6)17-23(29(10,11)12)25(19)33-34(30,31)32-24(18)22(16-20)28(7,8)9;1-3-2/h14-17H,13H2,1-12H3,(H,30,31);3H2,1-2H3. The van der Waals surface area contributed by atoms with Crippen molar-refractivity contribution in [2.24, 2.45) is 0 Å². The van der Waals surface area contributed by atoms with Gasteiger partial charge in [0.1, 0.15) is 11.5 Å². The van der Waals surface area contributed by atoms with Crippen LogP contribution in [0.15, 0.2) is 24.3 Å². The molecule has 1 N–H and O–H groups in total. The second kappa shape index (κ2) is 10.4. The highest BCUT2D eigenvalue weighted by atomic mass is 31.2. The molecule has 1 heterocycles. The Morgan fingerprint density at radius 1 is 0.649 bits per heavy atom. The number of hydrogen-bond acceptors (Lipinski definition) is 3. The Kier molecular flexibility index (Phi) is 8.86. The first kappa shape index (κ1) is 31.4. The van der Waals surface area contributed by atoms with Gasteiger partial charge in [-0.2, -0.15) is 0 Å². The van der Waals surface area contributed by atoms with E-state index in [9.17, 15) is 9.46 Å². The predicted molar refractivity (Wildman–Crippen MR) is 158 cm³/mol. The second-order valence-electron chi connectivity index (χ2n) is 14.6. The first-order valence-electron chi connectivity index (χ1n) is 13.6. The fraction of sp³-hybridized carbons (Fsp3) is 0.625. The summed E-state index contributed by atoms with van der Waals surface area (Å²) in [5.41, 5.74) is 5.31. The quantitative estimate of drug-likeness (QED) is 0.344. The highest BCUT2D eigenvalue weighted by Gasteiger charge is 2.38. The van der Waals surface area contributed by atoms with Crippen LogP contribution in [0, 0.1) is 0 Å². The normalized spacial score (nSPS) is 15.6. The monoisotopic (exact) mass is 530 g/mol. The Balaban J connectivity index is 0.00000153.